The standard InChI is InChI=1S/C13H18N2O2/c1-16-12-5-3-2-4-10(12)8-11-9-17-13(15-11)6-7-14/h2-5,11H,6-9,14H2,1H3. The Morgan fingerprint density at radius 1 is 1.47 bits per heavy atom. The zero-order valence-corrected chi connectivity index (χ0v) is 10.1. The van der Waals surface area contributed by atoms with Crippen molar-refractivity contribution in [2.45, 2.75) is 18.9 Å². The van der Waals surface area contributed by atoms with E-state index in [2.05, 4.69) is 11.1 Å². The molecule has 1 aliphatic rings. The zero-order chi connectivity index (χ0) is 12.1. The van der Waals surface area contributed by atoms with Crippen molar-refractivity contribution >= 4 is 5.90 Å². The van der Waals surface area contributed by atoms with Crippen LogP contribution in [-0.4, -0.2) is 32.2 Å². The van der Waals surface area contributed by atoms with Crippen molar-refractivity contribution in [1.82, 2.24) is 0 Å². The molecule has 0 radical (unpaired) electrons. The Bertz CT molecular complexity index is 404. The van der Waals surface area contributed by atoms with Crippen LogP contribution in [0, 0.1) is 0 Å². The number of benzene rings is 1. The first-order valence-corrected chi connectivity index (χ1v) is 5.85. The summed E-state index contributed by atoms with van der Waals surface area (Å²) in [4.78, 5) is 4.51. The third-order valence-electron chi connectivity index (χ3n) is 2.78. The molecule has 0 saturated heterocycles. The van der Waals surface area contributed by atoms with Crippen molar-refractivity contribution in [2.75, 3.05) is 20.3 Å². The van der Waals surface area contributed by atoms with Gasteiger partial charge in [-0.3, -0.25) is 0 Å². The summed E-state index contributed by atoms with van der Waals surface area (Å²) < 4.78 is 10.8. The molecule has 2 rings (SSSR count). The highest BCUT2D eigenvalue weighted by Gasteiger charge is 2.19. The molecule has 92 valence electrons. The predicted molar refractivity (Wildman–Crippen MR) is 67.5 cm³/mol. The van der Waals surface area contributed by atoms with E-state index in [4.69, 9.17) is 15.2 Å². The maximum atomic E-state index is 5.48. The number of ether oxygens (including phenoxy) is 2. The molecule has 1 aliphatic heterocycles. The summed E-state index contributed by atoms with van der Waals surface area (Å²) in [5, 5.41) is 0. The molecule has 4 nitrogen and oxygen atoms in total. The highest BCUT2D eigenvalue weighted by Crippen LogP contribution is 2.21. The normalized spacial score (nSPS) is 18.7. The molecule has 1 atom stereocenters. The van der Waals surface area contributed by atoms with Crippen molar-refractivity contribution in [1.29, 1.82) is 0 Å². The van der Waals surface area contributed by atoms with Crippen LogP contribution in [0.5, 0.6) is 5.75 Å². The van der Waals surface area contributed by atoms with Gasteiger partial charge in [0, 0.05) is 19.4 Å². The Balaban J connectivity index is 2.02. The fraction of sp³-hybridized carbons (Fsp3) is 0.462. The monoisotopic (exact) mass is 234 g/mol. The fourth-order valence-electron chi connectivity index (χ4n) is 1.96. The Kier molecular flexibility index (Phi) is 3.98. The Hall–Kier alpha value is -1.55. The van der Waals surface area contributed by atoms with E-state index in [1.807, 2.05) is 18.2 Å². The first-order valence-electron chi connectivity index (χ1n) is 5.85. The summed E-state index contributed by atoms with van der Waals surface area (Å²) in [6.45, 7) is 1.23. The van der Waals surface area contributed by atoms with Crippen LogP contribution in [0.3, 0.4) is 0 Å². The summed E-state index contributed by atoms with van der Waals surface area (Å²) in [5.41, 5.74) is 6.64. The highest BCUT2D eigenvalue weighted by molar-refractivity contribution is 5.77. The van der Waals surface area contributed by atoms with Crippen molar-refractivity contribution in [2.24, 2.45) is 10.7 Å². The van der Waals surface area contributed by atoms with E-state index in [1.165, 1.54) is 5.56 Å². The first-order chi connectivity index (χ1) is 8.33. The van der Waals surface area contributed by atoms with E-state index in [1.54, 1.807) is 7.11 Å². The molecule has 1 unspecified atom stereocenters. The molecule has 0 amide bonds. The largest absolute Gasteiger partial charge is 0.496 e. The molecular weight excluding hydrogens is 216 g/mol. The smallest absolute Gasteiger partial charge is 0.184 e. The van der Waals surface area contributed by atoms with Gasteiger partial charge in [-0.15, -0.1) is 0 Å². The molecule has 0 bridgehead atoms. The molecule has 1 aromatic carbocycles. The zero-order valence-electron chi connectivity index (χ0n) is 10.1. The van der Waals surface area contributed by atoms with Crippen LogP contribution >= 0.6 is 0 Å². The number of nitrogens with two attached hydrogens (primary N) is 1. The van der Waals surface area contributed by atoms with Gasteiger partial charge in [-0.25, -0.2) is 4.99 Å². The minimum atomic E-state index is 0.188. The number of hydrogen-bond acceptors (Lipinski definition) is 4. The lowest BCUT2D eigenvalue weighted by molar-refractivity contribution is 0.308. The van der Waals surface area contributed by atoms with E-state index in [0.717, 1.165) is 24.5 Å². The second kappa shape index (κ2) is 5.68. The van der Waals surface area contributed by atoms with Crippen molar-refractivity contribution in [3.63, 3.8) is 0 Å². The van der Waals surface area contributed by atoms with Crippen LogP contribution < -0.4 is 10.5 Å². The summed E-state index contributed by atoms with van der Waals surface area (Å²) in [5.74, 6) is 1.70. The molecule has 0 spiro atoms. The van der Waals surface area contributed by atoms with Gasteiger partial charge in [0.05, 0.1) is 13.2 Å². The summed E-state index contributed by atoms with van der Waals surface area (Å²) in [6, 6.07) is 8.20. The number of methoxy groups -OCH3 is 1. The Labute approximate surface area is 101 Å². The van der Waals surface area contributed by atoms with Gasteiger partial charge in [-0.2, -0.15) is 0 Å². The van der Waals surface area contributed by atoms with E-state index in [-0.39, 0.29) is 6.04 Å². The molecular formula is C13H18N2O2. The number of nitrogens with zero attached hydrogens (tertiary/aromatic N) is 1. The fourth-order valence-corrected chi connectivity index (χ4v) is 1.96. The molecule has 2 N–H and O–H groups in total. The molecule has 1 aromatic rings. The lowest BCUT2D eigenvalue weighted by Crippen LogP contribution is -2.10. The van der Waals surface area contributed by atoms with Crippen molar-refractivity contribution in [3.8, 4) is 5.75 Å². The van der Waals surface area contributed by atoms with Gasteiger partial charge in [-0.1, -0.05) is 18.2 Å². The highest BCUT2D eigenvalue weighted by atomic mass is 16.5. The van der Waals surface area contributed by atoms with Gasteiger partial charge in [-0.05, 0) is 11.6 Å². The third kappa shape index (κ3) is 2.97. The van der Waals surface area contributed by atoms with E-state index >= 15 is 0 Å². The van der Waals surface area contributed by atoms with Crippen LogP contribution in [0.1, 0.15) is 12.0 Å². The molecule has 0 aliphatic carbocycles. The van der Waals surface area contributed by atoms with Crippen molar-refractivity contribution < 1.29 is 9.47 Å². The lowest BCUT2D eigenvalue weighted by Gasteiger charge is -2.09. The molecule has 0 fully saturated rings. The molecule has 0 aromatic heterocycles. The minimum absolute atomic E-state index is 0.188. The summed E-state index contributed by atoms with van der Waals surface area (Å²) in [7, 11) is 1.69. The maximum absolute atomic E-state index is 5.48. The van der Waals surface area contributed by atoms with E-state index in [9.17, 15) is 0 Å². The number of aliphatic imine (C=N–C) groups is 1. The van der Waals surface area contributed by atoms with Gasteiger partial charge in [0.2, 0.25) is 0 Å². The van der Waals surface area contributed by atoms with Crippen LogP contribution in [0.4, 0.5) is 0 Å². The summed E-state index contributed by atoms with van der Waals surface area (Å²) in [6.07, 6.45) is 1.57. The summed E-state index contributed by atoms with van der Waals surface area (Å²) >= 11 is 0. The van der Waals surface area contributed by atoms with Gasteiger partial charge in [0.15, 0.2) is 5.90 Å². The second-order valence-corrected chi connectivity index (χ2v) is 4.04. The van der Waals surface area contributed by atoms with Gasteiger partial charge in [0.1, 0.15) is 12.4 Å². The van der Waals surface area contributed by atoms with Crippen molar-refractivity contribution in [3.05, 3.63) is 29.8 Å². The topological polar surface area (TPSA) is 56.8 Å². The number of rotatable bonds is 5. The van der Waals surface area contributed by atoms with Gasteiger partial charge >= 0.3 is 0 Å². The molecule has 4 heteroatoms. The maximum Gasteiger partial charge on any atom is 0.184 e. The molecule has 0 saturated carbocycles. The minimum Gasteiger partial charge on any atom is -0.496 e. The number of hydrogen-bond donors (Lipinski definition) is 1. The average molecular weight is 234 g/mol. The van der Waals surface area contributed by atoms with E-state index in [0.29, 0.717) is 13.2 Å². The predicted octanol–water partition coefficient (Wildman–Crippen LogP) is 1.38. The first kappa shape index (κ1) is 11.9. The Morgan fingerprint density at radius 3 is 3.06 bits per heavy atom. The number of para-hydroxylation sites is 1. The van der Waals surface area contributed by atoms with Gasteiger partial charge in [0.25, 0.3) is 0 Å². The molecule has 1 heterocycles. The van der Waals surface area contributed by atoms with Crippen LogP contribution in [0.15, 0.2) is 29.3 Å². The quantitative estimate of drug-likeness (QED) is 0.837. The third-order valence-corrected chi connectivity index (χ3v) is 2.78. The van der Waals surface area contributed by atoms with Crippen LogP contribution in [-0.2, 0) is 11.2 Å². The SMILES string of the molecule is COc1ccccc1CC1COC(CCN)=N1. The second-order valence-electron chi connectivity index (χ2n) is 4.04. The van der Waals surface area contributed by atoms with Crippen LogP contribution in [0.2, 0.25) is 0 Å². The lowest BCUT2D eigenvalue weighted by atomic mass is 10.1. The van der Waals surface area contributed by atoms with E-state index < -0.39 is 0 Å². The molecule has 17 heavy (non-hydrogen) atoms. The van der Waals surface area contributed by atoms with Crippen LogP contribution in [0.25, 0.3) is 0 Å². The average Bonchev–Trinajstić information content (AvgIpc) is 2.78. The van der Waals surface area contributed by atoms with Gasteiger partial charge < -0.3 is 15.2 Å². The Morgan fingerprint density at radius 2 is 2.29 bits per heavy atom.